The van der Waals surface area contributed by atoms with Gasteiger partial charge in [0.1, 0.15) is 12.6 Å². The second-order valence-corrected chi connectivity index (χ2v) is 12.6. The lowest BCUT2D eigenvalue weighted by molar-refractivity contribution is -0.141. The summed E-state index contributed by atoms with van der Waals surface area (Å²) in [6, 6.07) is 22.3. The molecular weight excluding hydrogens is 510 g/mol. The summed E-state index contributed by atoms with van der Waals surface area (Å²) >= 11 is 0. The quantitative estimate of drug-likeness (QED) is 0.376. The Hall–Kier alpha value is -3.65. The standard InChI is InChI=1S/C31H39N3O4S/c1-7-27(30(36)32-31(4,5)6)33(21-25-14-9-8-10-15-25)29(35)22-34(28-16-12-11-13-24(28)3)39(37,38)26-19-17-23(2)18-20-26/h8-20,27H,7,21-22H2,1-6H3,(H,32,36)/t27-/m1/s1. The lowest BCUT2D eigenvalue weighted by atomic mass is 10.1. The predicted molar refractivity (Wildman–Crippen MR) is 156 cm³/mol. The van der Waals surface area contributed by atoms with Gasteiger partial charge in [0.15, 0.2) is 0 Å². The zero-order valence-electron chi connectivity index (χ0n) is 23.6. The van der Waals surface area contributed by atoms with E-state index in [1.54, 1.807) is 36.4 Å². The lowest BCUT2D eigenvalue weighted by Gasteiger charge is -2.35. The van der Waals surface area contributed by atoms with E-state index < -0.39 is 34.1 Å². The first kappa shape index (κ1) is 29.9. The molecule has 8 heteroatoms. The lowest BCUT2D eigenvalue weighted by Crippen LogP contribution is -2.55. The summed E-state index contributed by atoms with van der Waals surface area (Å²) in [6.07, 6.45) is 0.371. The van der Waals surface area contributed by atoms with Crippen LogP contribution < -0.4 is 9.62 Å². The number of para-hydroxylation sites is 1. The molecule has 0 aliphatic carbocycles. The van der Waals surface area contributed by atoms with Gasteiger partial charge in [0.2, 0.25) is 11.8 Å². The summed E-state index contributed by atoms with van der Waals surface area (Å²) in [5, 5.41) is 2.98. The predicted octanol–water partition coefficient (Wildman–Crippen LogP) is 5.22. The van der Waals surface area contributed by atoms with Crippen LogP contribution in [0.4, 0.5) is 5.69 Å². The zero-order chi connectivity index (χ0) is 28.8. The number of rotatable bonds is 10. The van der Waals surface area contributed by atoms with Gasteiger partial charge in [-0.25, -0.2) is 8.42 Å². The van der Waals surface area contributed by atoms with Crippen molar-refractivity contribution >= 4 is 27.5 Å². The van der Waals surface area contributed by atoms with Crippen molar-refractivity contribution in [2.45, 2.75) is 71.0 Å². The maximum absolute atomic E-state index is 14.1. The molecule has 0 saturated carbocycles. The molecule has 0 heterocycles. The molecule has 0 radical (unpaired) electrons. The van der Waals surface area contributed by atoms with E-state index in [4.69, 9.17) is 0 Å². The third-order valence-electron chi connectivity index (χ3n) is 6.35. The summed E-state index contributed by atoms with van der Waals surface area (Å²) < 4.78 is 29.1. The van der Waals surface area contributed by atoms with Gasteiger partial charge in [-0.15, -0.1) is 0 Å². The number of carbonyl (C=O) groups is 2. The van der Waals surface area contributed by atoms with E-state index in [9.17, 15) is 18.0 Å². The van der Waals surface area contributed by atoms with E-state index in [0.717, 1.165) is 15.4 Å². The number of sulfonamides is 1. The number of nitrogens with one attached hydrogen (secondary N) is 1. The molecule has 0 aliphatic heterocycles. The molecule has 0 aromatic heterocycles. The van der Waals surface area contributed by atoms with Crippen molar-refractivity contribution in [1.82, 2.24) is 10.2 Å². The Kier molecular flexibility index (Phi) is 9.56. The van der Waals surface area contributed by atoms with Gasteiger partial charge in [-0.3, -0.25) is 13.9 Å². The molecule has 208 valence electrons. The fourth-order valence-corrected chi connectivity index (χ4v) is 5.83. The Labute approximate surface area is 232 Å². The number of nitrogens with zero attached hydrogens (tertiary/aromatic N) is 2. The second-order valence-electron chi connectivity index (χ2n) is 10.8. The maximum atomic E-state index is 14.1. The molecule has 0 saturated heterocycles. The number of carbonyl (C=O) groups excluding carboxylic acids is 2. The van der Waals surface area contributed by atoms with Gasteiger partial charge >= 0.3 is 0 Å². The first-order chi connectivity index (χ1) is 18.3. The van der Waals surface area contributed by atoms with Crippen LogP contribution >= 0.6 is 0 Å². The molecule has 1 N–H and O–H groups in total. The largest absolute Gasteiger partial charge is 0.350 e. The van der Waals surface area contributed by atoms with Crippen molar-refractivity contribution < 1.29 is 18.0 Å². The van der Waals surface area contributed by atoms with E-state index in [2.05, 4.69) is 5.32 Å². The first-order valence-corrected chi connectivity index (χ1v) is 14.6. The van der Waals surface area contributed by atoms with Crippen LogP contribution in [0.2, 0.25) is 0 Å². The van der Waals surface area contributed by atoms with Crippen molar-refractivity contribution in [2.75, 3.05) is 10.8 Å². The van der Waals surface area contributed by atoms with Crippen molar-refractivity contribution in [2.24, 2.45) is 0 Å². The molecule has 7 nitrogen and oxygen atoms in total. The molecule has 1 atom stereocenters. The van der Waals surface area contributed by atoms with Crippen LogP contribution in [0.15, 0.2) is 83.8 Å². The summed E-state index contributed by atoms with van der Waals surface area (Å²) in [4.78, 5) is 29.0. The number of amides is 2. The highest BCUT2D eigenvalue weighted by molar-refractivity contribution is 7.92. The Balaban J connectivity index is 2.07. The number of benzene rings is 3. The van der Waals surface area contributed by atoms with Crippen LogP contribution in [0.5, 0.6) is 0 Å². The summed E-state index contributed by atoms with van der Waals surface area (Å²) in [5.41, 5.74) is 2.41. The van der Waals surface area contributed by atoms with E-state index in [1.165, 1.54) is 4.90 Å². The molecule has 3 rings (SSSR count). The molecule has 0 aliphatic rings. The van der Waals surface area contributed by atoms with Gasteiger partial charge < -0.3 is 10.2 Å². The smallest absolute Gasteiger partial charge is 0.264 e. The first-order valence-electron chi connectivity index (χ1n) is 13.1. The van der Waals surface area contributed by atoms with E-state index in [0.29, 0.717) is 17.7 Å². The minimum absolute atomic E-state index is 0.0938. The minimum Gasteiger partial charge on any atom is -0.350 e. The van der Waals surface area contributed by atoms with Gasteiger partial charge in [-0.2, -0.15) is 0 Å². The fourth-order valence-electron chi connectivity index (χ4n) is 4.35. The highest BCUT2D eigenvalue weighted by Crippen LogP contribution is 2.27. The SMILES string of the molecule is CC[C@H](C(=O)NC(C)(C)C)N(Cc1ccccc1)C(=O)CN(c1ccccc1C)S(=O)(=O)c1ccc(C)cc1. The Morgan fingerprint density at radius 1 is 0.872 bits per heavy atom. The van der Waals surface area contributed by atoms with Gasteiger partial charge in [-0.1, -0.05) is 73.2 Å². The van der Waals surface area contributed by atoms with E-state index in [1.807, 2.05) is 84.0 Å². The Bertz CT molecular complexity index is 1380. The summed E-state index contributed by atoms with van der Waals surface area (Å²) in [7, 11) is -4.09. The van der Waals surface area contributed by atoms with Crippen LogP contribution in [-0.4, -0.2) is 43.3 Å². The second kappa shape index (κ2) is 12.5. The maximum Gasteiger partial charge on any atom is 0.264 e. The van der Waals surface area contributed by atoms with Crippen LogP contribution in [0.25, 0.3) is 0 Å². The monoisotopic (exact) mass is 549 g/mol. The Morgan fingerprint density at radius 2 is 1.46 bits per heavy atom. The van der Waals surface area contributed by atoms with E-state index >= 15 is 0 Å². The molecular formula is C31H39N3O4S. The number of aryl methyl sites for hydroxylation is 2. The third kappa shape index (κ3) is 7.69. The van der Waals surface area contributed by atoms with Gasteiger partial charge in [0, 0.05) is 12.1 Å². The molecule has 3 aromatic carbocycles. The van der Waals surface area contributed by atoms with Crippen molar-refractivity contribution in [3.63, 3.8) is 0 Å². The van der Waals surface area contributed by atoms with Crippen LogP contribution in [0.1, 0.15) is 50.8 Å². The summed E-state index contributed by atoms with van der Waals surface area (Å²) in [5.74, 6) is -0.744. The van der Waals surface area contributed by atoms with Gasteiger partial charge in [-0.05, 0) is 70.4 Å². The Morgan fingerprint density at radius 3 is 2.03 bits per heavy atom. The highest BCUT2D eigenvalue weighted by Gasteiger charge is 2.34. The summed E-state index contributed by atoms with van der Waals surface area (Å²) in [6.45, 7) is 10.9. The van der Waals surface area contributed by atoms with Crippen molar-refractivity contribution in [3.8, 4) is 0 Å². The molecule has 39 heavy (non-hydrogen) atoms. The molecule has 0 unspecified atom stereocenters. The molecule has 2 amide bonds. The van der Waals surface area contributed by atoms with Gasteiger partial charge in [0.25, 0.3) is 10.0 Å². The molecule has 3 aromatic rings. The van der Waals surface area contributed by atoms with Crippen LogP contribution in [-0.2, 0) is 26.2 Å². The highest BCUT2D eigenvalue weighted by atomic mass is 32.2. The third-order valence-corrected chi connectivity index (χ3v) is 8.13. The average Bonchev–Trinajstić information content (AvgIpc) is 2.87. The van der Waals surface area contributed by atoms with Gasteiger partial charge in [0.05, 0.1) is 10.6 Å². The number of anilines is 1. The molecule has 0 fully saturated rings. The number of hydrogen-bond acceptors (Lipinski definition) is 4. The topological polar surface area (TPSA) is 86.8 Å². The normalized spacial score (nSPS) is 12.5. The molecule has 0 spiro atoms. The van der Waals surface area contributed by atoms with E-state index in [-0.39, 0.29) is 17.3 Å². The van der Waals surface area contributed by atoms with Crippen molar-refractivity contribution in [3.05, 3.63) is 95.6 Å². The minimum atomic E-state index is -4.09. The van der Waals surface area contributed by atoms with Crippen LogP contribution in [0.3, 0.4) is 0 Å². The average molecular weight is 550 g/mol. The number of hydrogen-bond donors (Lipinski definition) is 1. The fraction of sp³-hybridized carbons (Fsp3) is 0.355. The molecule has 0 bridgehead atoms. The van der Waals surface area contributed by atoms with Crippen molar-refractivity contribution in [1.29, 1.82) is 0 Å². The van der Waals surface area contributed by atoms with Crippen LogP contribution in [0, 0.1) is 13.8 Å². The zero-order valence-corrected chi connectivity index (χ0v) is 24.5.